The molecule has 1 heterocycles. The first-order valence-electron chi connectivity index (χ1n) is 4.39. The molecule has 0 aromatic rings. The molecule has 1 saturated carbocycles. The summed E-state index contributed by atoms with van der Waals surface area (Å²) in [6.45, 7) is 1.19. The second kappa shape index (κ2) is 2.65. The predicted octanol–water partition coefficient (Wildman–Crippen LogP) is 2.05. The fourth-order valence-corrected chi connectivity index (χ4v) is 2.11. The van der Waals surface area contributed by atoms with Crippen LogP contribution in [0.3, 0.4) is 0 Å². The van der Waals surface area contributed by atoms with Crippen LogP contribution in [0.5, 0.6) is 0 Å². The molecule has 0 spiro atoms. The van der Waals surface area contributed by atoms with E-state index in [0.29, 0.717) is 0 Å². The van der Waals surface area contributed by atoms with Crippen LogP contribution in [0.2, 0.25) is 0 Å². The van der Waals surface area contributed by atoms with Crippen molar-refractivity contribution >= 4 is 0 Å². The number of hydrogen-bond acceptors (Lipinski definition) is 1. The van der Waals surface area contributed by atoms with E-state index in [1.165, 1.54) is 38.6 Å². The molecule has 2 aliphatic rings. The second-order valence-electron chi connectivity index (χ2n) is 3.40. The topological polar surface area (TPSA) is 12.0 Å². The highest BCUT2D eigenvalue weighted by Gasteiger charge is 2.20. The Morgan fingerprint density at radius 3 is 2.70 bits per heavy atom. The molecular weight excluding hydrogens is 122 g/mol. The van der Waals surface area contributed by atoms with Crippen LogP contribution in [0.15, 0.2) is 11.8 Å². The normalized spacial score (nSPS) is 26.6. The highest BCUT2D eigenvalue weighted by atomic mass is 14.9. The van der Waals surface area contributed by atoms with Crippen LogP contribution in [0.25, 0.3) is 0 Å². The maximum Gasteiger partial charge on any atom is 0.0179 e. The van der Waals surface area contributed by atoms with Crippen LogP contribution < -0.4 is 5.32 Å². The van der Waals surface area contributed by atoms with E-state index in [9.17, 15) is 0 Å². The molecule has 0 unspecified atom stereocenters. The van der Waals surface area contributed by atoms with E-state index in [2.05, 4.69) is 11.5 Å². The van der Waals surface area contributed by atoms with E-state index in [1.807, 2.05) is 0 Å². The maximum atomic E-state index is 3.29. The zero-order valence-corrected chi connectivity index (χ0v) is 6.40. The minimum Gasteiger partial charge on any atom is -0.391 e. The monoisotopic (exact) mass is 137 g/mol. The van der Waals surface area contributed by atoms with Gasteiger partial charge in [-0.25, -0.2) is 0 Å². The summed E-state index contributed by atoms with van der Waals surface area (Å²) in [4.78, 5) is 0. The molecule has 56 valence electrons. The summed E-state index contributed by atoms with van der Waals surface area (Å²) in [6, 6.07) is 0. The number of hydrogen-bond donors (Lipinski definition) is 1. The molecule has 0 atom stereocenters. The Labute approximate surface area is 62.5 Å². The zero-order chi connectivity index (χ0) is 6.81. The van der Waals surface area contributed by atoms with Gasteiger partial charge >= 0.3 is 0 Å². The van der Waals surface area contributed by atoms with Gasteiger partial charge in [0.05, 0.1) is 0 Å². The third-order valence-electron chi connectivity index (χ3n) is 2.73. The van der Waals surface area contributed by atoms with Gasteiger partial charge in [-0.05, 0) is 37.0 Å². The van der Waals surface area contributed by atoms with E-state index < -0.39 is 0 Å². The maximum absolute atomic E-state index is 3.29. The first-order chi connectivity index (χ1) is 4.97. The Hall–Kier alpha value is -0.460. The average molecular weight is 137 g/mol. The minimum absolute atomic E-state index is 0.954. The van der Waals surface area contributed by atoms with E-state index in [4.69, 9.17) is 0 Å². The lowest BCUT2D eigenvalue weighted by Gasteiger charge is -2.07. The standard InChI is InChI=1S/C9H15N/c1-2-4-8(3-1)9-5-6-10-7-9/h7-8,10H,1-6H2. The number of rotatable bonds is 1. The molecule has 0 aromatic heterocycles. The van der Waals surface area contributed by atoms with Crippen molar-refractivity contribution in [3.05, 3.63) is 11.8 Å². The lowest BCUT2D eigenvalue weighted by atomic mass is 9.97. The minimum atomic E-state index is 0.954. The molecule has 0 radical (unpaired) electrons. The SMILES string of the molecule is C1=C(C2CCCC2)CCN1. The van der Waals surface area contributed by atoms with Gasteiger partial charge in [-0.2, -0.15) is 0 Å². The average Bonchev–Trinajstić information content (AvgIpc) is 2.59. The molecular formula is C9H15N. The van der Waals surface area contributed by atoms with Gasteiger partial charge in [0.1, 0.15) is 0 Å². The van der Waals surface area contributed by atoms with Crippen LogP contribution in [-0.4, -0.2) is 6.54 Å². The van der Waals surface area contributed by atoms with E-state index in [1.54, 1.807) is 5.57 Å². The summed E-state index contributed by atoms with van der Waals surface area (Å²) in [5.41, 5.74) is 1.69. The van der Waals surface area contributed by atoms with Gasteiger partial charge in [0.15, 0.2) is 0 Å². The quantitative estimate of drug-likeness (QED) is 0.583. The molecule has 1 heteroatoms. The lowest BCUT2D eigenvalue weighted by Crippen LogP contribution is -1.97. The Bertz CT molecular complexity index is 143. The fourth-order valence-electron chi connectivity index (χ4n) is 2.11. The number of nitrogens with one attached hydrogen (secondary N) is 1. The third-order valence-corrected chi connectivity index (χ3v) is 2.73. The van der Waals surface area contributed by atoms with Crippen molar-refractivity contribution in [3.8, 4) is 0 Å². The highest BCUT2D eigenvalue weighted by molar-refractivity contribution is 5.11. The van der Waals surface area contributed by atoms with Crippen molar-refractivity contribution in [2.24, 2.45) is 5.92 Å². The molecule has 0 bridgehead atoms. The Morgan fingerprint density at radius 1 is 1.30 bits per heavy atom. The van der Waals surface area contributed by atoms with Crippen molar-refractivity contribution in [2.45, 2.75) is 32.1 Å². The van der Waals surface area contributed by atoms with Gasteiger partial charge in [-0.1, -0.05) is 12.8 Å². The fraction of sp³-hybridized carbons (Fsp3) is 0.778. The zero-order valence-electron chi connectivity index (χ0n) is 6.40. The van der Waals surface area contributed by atoms with Crippen LogP contribution in [0.4, 0.5) is 0 Å². The Kier molecular flexibility index (Phi) is 1.66. The van der Waals surface area contributed by atoms with E-state index >= 15 is 0 Å². The molecule has 10 heavy (non-hydrogen) atoms. The van der Waals surface area contributed by atoms with Crippen molar-refractivity contribution in [1.29, 1.82) is 0 Å². The smallest absolute Gasteiger partial charge is 0.0179 e. The Morgan fingerprint density at radius 2 is 2.10 bits per heavy atom. The molecule has 1 aliphatic heterocycles. The first kappa shape index (κ1) is 6.26. The molecule has 0 amide bonds. The van der Waals surface area contributed by atoms with Crippen LogP contribution in [-0.2, 0) is 0 Å². The molecule has 1 N–H and O–H groups in total. The summed E-state index contributed by atoms with van der Waals surface area (Å²) in [5.74, 6) is 0.954. The van der Waals surface area contributed by atoms with Gasteiger partial charge in [0.2, 0.25) is 0 Å². The van der Waals surface area contributed by atoms with Crippen molar-refractivity contribution in [1.82, 2.24) is 5.32 Å². The molecule has 1 fully saturated rings. The van der Waals surface area contributed by atoms with Crippen LogP contribution >= 0.6 is 0 Å². The first-order valence-corrected chi connectivity index (χ1v) is 4.39. The Balaban J connectivity index is 1.97. The highest BCUT2D eigenvalue weighted by Crippen LogP contribution is 2.33. The molecule has 1 nitrogen and oxygen atoms in total. The summed E-state index contributed by atoms with van der Waals surface area (Å²) in [6.07, 6.45) is 9.38. The van der Waals surface area contributed by atoms with Gasteiger partial charge in [0.25, 0.3) is 0 Å². The van der Waals surface area contributed by atoms with E-state index in [-0.39, 0.29) is 0 Å². The van der Waals surface area contributed by atoms with Gasteiger partial charge < -0.3 is 5.32 Å². The predicted molar refractivity (Wildman–Crippen MR) is 42.7 cm³/mol. The van der Waals surface area contributed by atoms with Crippen molar-refractivity contribution < 1.29 is 0 Å². The summed E-state index contributed by atoms with van der Waals surface area (Å²) >= 11 is 0. The molecule has 1 aliphatic carbocycles. The van der Waals surface area contributed by atoms with Crippen LogP contribution in [0.1, 0.15) is 32.1 Å². The van der Waals surface area contributed by atoms with Crippen molar-refractivity contribution in [3.63, 3.8) is 0 Å². The summed E-state index contributed by atoms with van der Waals surface area (Å²) < 4.78 is 0. The van der Waals surface area contributed by atoms with Crippen molar-refractivity contribution in [2.75, 3.05) is 6.54 Å². The summed E-state index contributed by atoms with van der Waals surface area (Å²) in [7, 11) is 0. The second-order valence-corrected chi connectivity index (χ2v) is 3.40. The third kappa shape index (κ3) is 1.05. The van der Waals surface area contributed by atoms with Gasteiger partial charge in [-0.15, -0.1) is 0 Å². The lowest BCUT2D eigenvalue weighted by molar-refractivity contribution is 0.626. The molecule has 0 saturated heterocycles. The summed E-state index contributed by atoms with van der Waals surface area (Å²) in [5, 5.41) is 3.29. The van der Waals surface area contributed by atoms with Gasteiger partial charge in [-0.3, -0.25) is 0 Å². The largest absolute Gasteiger partial charge is 0.391 e. The van der Waals surface area contributed by atoms with E-state index in [0.717, 1.165) is 5.92 Å². The molecule has 2 rings (SSSR count). The molecule has 0 aromatic carbocycles. The van der Waals surface area contributed by atoms with Gasteiger partial charge in [0, 0.05) is 6.54 Å². The van der Waals surface area contributed by atoms with Crippen LogP contribution in [0, 0.1) is 5.92 Å².